The number of carbonyl (C=O) groups is 1. The Labute approximate surface area is 117 Å². The van der Waals surface area contributed by atoms with Gasteiger partial charge in [-0.1, -0.05) is 0 Å². The first-order chi connectivity index (χ1) is 9.31. The van der Waals surface area contributed by atoms with Gasteiger partial charge < -0.3 is 5.11 Å². The van der Waals surface area contributed by atoms with Crippen molar-refractivity contribution in [3.63, 3.8) is 0 Å². The molecule has 0 fully saturated rings. The normalized spacial score (nSPS) is 11.2. The summed E-state index contributed by atoms with van der Waals surface area (Å²) in [5, 5.41) is 16.0. The Morgan fingerprint density at radius 2 is 2.15 bits per heavy atom. The molecule has 8 nitrogen and oxygen atoms in total. The van der Waals surface area contributed by atoms with Crippen LogP contribution in [0.15, 0.2) is 27.2 Å². The Bertz CT molecular complexity index is 801. The lowest BCUT2D eigenvalue weighted by Crippen LogP contribution is -2.18. The molecule has 2 rings (SSSR count). The highest BCUT2D eigenvalue weighted by Gasteiger charge is 2.27. The van der Waals surface area contributed by atoms with Gasteiger partial charge in [-0.15, -0.1) is 11.3 Å². The zero-order chi connectivity index (χ0) is 14.9. The number of hydrogen-bond donors (Lipinski definition) is 3. The van der Waals surface area contributed by atoms with Gasteiger partial charge in [0.05, 0.1) is 0 Å². The van der Waals surface area contributed by atoms with Gasteiger partial charge in [0.2, 0.25) is 0 Å². The van der Waals surface area contributed by atoms with Crippen LogP contribution in [-0.4, -0.2) is 29.7 Å². The number of hydrogen-bond acceptors (Lipinski definition) is 6. The topological polar surface area (TPSA) is 129 Å². The highest BCUT2D eigenvalue weighted by molar-refractivity contribution is 7.93. The Balaban J connectivity index is 2.45. The van der Waals surface area contributed by atoms with Crippen LogP contribution in [0.1, 0.15) is 15.2 Å². The molecule has 0 unspecified atom stereocenters. The predicted molar refractivity (Wildman–Crippen MR) is 71.7 cm³/mol. The third-order valence-electron chi connectivity index (χ3n) is 2.30. The predicted octanol–water partition coefficient (Wildman–Crippen LogP) is 0.639. The number of anilines is 1. The zero-order valence-electron chi connectivity index (χ0n) is 10.1. The summed E-state index contributed by atoms with van der Waals surface area (Å²) in [7, 11) is -4.09. The minimum Gasteiger partial charge on any atom is -0.477 e. The summed E-state index contributed by atoms with van der Waals surface area (Å²) in [5.41, 5.74) is -0.157. The van der Waals surface area contributed by atoms with E-state index in [4.69, 9.17) is 5.11 Å². The molecule has 0 radical (unpaired) electrons. The number of sulfonamides is 1. The van der Waals surface area contributed by atoms with Gasteiger partial charge >= 0.3 is 5.97 Å². The van der Waals surface area contributed by atoms with Crippen LogP contribution in [0.25, 0.3) is 0 Å². The first-order valence-corrected chi connectivity index (χ1v) is 7.57. The van der Waals surface area contributed by atoms with Gasteiger partial charge in [0.1, 0.15) is 9.77 Å². The van der Waals surface area contributed by atoms with Crippen molar-refractivity contribution >= 4 is 33.1 Å². The van der Waals surface area contributed by atoms with Crippen molar-refractivity contribution in [1.29, 1.82) is 0 Å². The zero-order valence-corrected chi connectivity index (χ0v) is 11.7. The van der Waals surface area contributed by atoms with Crippen molar-refractivity contribution in [2.45, 2.75) is 11.8 Å². The monoisotopic (exact) mass is 315 g/mol. The molecule has 0 aliphatic rings. The highest BCUT2D eigenvalue weighted by Crippen LogP contribution is 2.28. The van der Waals surface area contributed by atoms with Gasteiger partial charge in [-0.25, -0.2) is 18.3 Å². The fourth-order valence-corrected chi connectivity index (χ4v) is 4.14. The van der Waals surface area contributed by atoms with Gasteiger partial charge in [0.15, 0.2) is 5.82 Å². The van der Waals surface area contributed by atoms with Crippen LogP contribution >= 0.6 is 11.3 Å². The average Bonchev–Trinajstić information content (AvgIpc) is 2.75. The van der Waals surface area contributed by atoms with Gasteiger partial charge in [-0.05, 0) is 23.9 Å². The van der Waals surface area contributed by atoms with E-state index in [1.807, 2.05) is 0 Å². The van der Waals surface area contributed by atoms with Crippen LogP contribution in [0.2, 0.25) is 0 Å². The van der Waals surface area contributed by atoms with Gasteiger partial charge in [-0.2, -0.15) is 5.10 Å². The summed E-state index contributed by atoms with van der Waals surface area (Å²) in [6, 6.07) is 2.28. The quantitative estimate of drug-likeness (QED) is 0.759. The molecular weight excluding hydrogens is 306 g/mol. The first kappa shape index (κ1) is 14.2. The smallest absolute Gasteiger partial charge is 0.347 e. The second kappa shape index (κ2) is 5.06. The summed E-state index contributed by atoms with van der Waals surface area (Å²) in [6.45, 7) is 1.50. The van der Waals surface area contributed by atoms with Crippen LogP contribution in [0.4, 0.5) is 5.82 Å². The van der Waals surface area contributed by atoms with Gasteiger partial charge in [0.25, 0.3) is 15.6 Å². The molecule has 10 heteroatoms. The summed E-state index contributed by atoms with van der Waals surface area (Å²) in [4.78, 5) is 21.3. The molecule has 2 aromatic heterocycles. The largest absolute Gasteiger partial charge is 0.477 e. The molecule has 0 saturated heterocycles. The van der Waals surface area contributed by atoms with E-state index in [0.29, 0.717) is 5.56 Å². The van der Waals surface area contributed by atoms with Crippen LogP contribution < -0.4 is 10.3 Å². The average molecular weight is 315 g/mol. The molecule has 0 aliphatic carbocycles. The fourth-order valence-electron chi connectivity index (χ4n) is 1.50. The molecule has 2 heterocycles. The fraction of sp³-hybridized carbons (Fsp3) is 0.100. The van der Waals surface area contributed by atoms with Crippen molar-refractivity contribution in [3.8, 4) is 0 Å². The molecule has 0 saturated carbocycles. The number of carboxylic acids is 1. The van der Waals surface area contributed by atoms with Crippen LogP contribution in [0.5, 0.6) is 0 Å². The number of aromatic carboxylic acids is 1. The maximum Gasteiger partial charge on any atom is 0.347 e. The molecule has 106 valence electrons. The Morgan fingerprint density at radius 3 is 2.70 bits per heavy atom. The van der Waals surface area contributed by atoms with Crippen LogP contribution in [-0.2, 0) is 10.0 Å². The molecule has 0 atom stereocenters. The number of nitrogens with one attached hydrogen (secondary N) is 2. The van der Waals surface area contributed by atoms with Crippen molar-refractivity contribution in [3.05, 3.63) is 38.3 Å². The first-order valence-electron chi connectivity index (χ1n) is 5.21. The second-order valence-electron chi connectivity index (χ2n) is 3.79. The van der Waals surface area contributed by atoms with E-state index in [1.165, 1.54) is 18.4 Å². The minimum atomic E-state index is -4.09. The van der Waals surface area contributed by atoms with E-state index in [1.54, 1.807) is 0 Å². The van der Waals surface area contributed by atoms with E-state index in [-0.39, 0.29) is 15.6 Å². The Kier molecular flexibility index (Phi) is 3.59. The molecule has 0 bridgehead atoms. The van der Waals surface area contributed by atoms with Crippen molar-refractivity contribution in [2.24, 2.45) is 0 Å². The standard InChI is InChI=1S/C10H9N3O5S2/c1-5-4-19-8(10(15)16)9(5)20(17,18)13-6-2-3-7(14)12-11-6/h2-4H,1H3,(H,11,13)(H,12,14)(H,15,16). The molecule has 2 aromatic rings. The van der Waals surface area contributed by atoms with E-state index in [9.17, 15) is 18.0 Å². The maximum atomic E-state index is 12.2. The number of aromatic amines is 1. The highest BCUT2D eigenvalue weighted by atomic mass is 32.2. The number of aryl methyl sites for hydroxylation is 1. The van der Waals surface area contributed by atoms with E-state index >= 15 is 0 Å². The van der Waals surface area contributed by atoms with Gasteiger partial charge in [-0.3, -0.25) is 9.52 Å². The molecular formula is C10H9N3O5S2. The Hall–Kier alpha value is -2.20. The lowest BCUT2D eigenvalue weighted by Gasteiger charge is -2.07. The summed E-state index contributed by atoms with van der Waals surface area (Å²) in [5.74, 6) is -1.43. The number of thiophene rings is 1. The van der Waals surface area contributed by atoms with Crippen molar-refractivity contribution in [2.75, 3.05) is 4.72 Å². The van der Waals surface area contributed by atoms with E-state index in [2.05, 4.69) is 14.9 Å². The van der Waals surface area contributed by atoms with Crippen LogP contribution in [0, 0.1) is 6.92 Å². The van der Waals surface area contributed by atoms with Crippen LogP contribution in [0.3, 0.4) is 0 Å². The van der Waals surface area contributed by atoms with Crippen molar-refractivity contribution in [1.82, 2.24) is 10.2 Å². The minimum absolute atomic E-state index is 0.105. The molecule has 0 spiro atoms. The lowest BCUT2D eigenvalue weighted by molar-refractivity contribution is 0.0698. The molecule has 3 N–H and O–H groups in total. The third-order valence-corrected chi connectivity index (χ3v) is 5.06. The number of carboxylic acid groups (broad SMARTS) is 1. The molecule has 0 aliphatic heterocycles. The van der Waals surface area contributed by atoms with E-state index < -0.39 is 21.6 Å². The van der Waals surface area contributed by atoms with Crippen molar-refractivity contribution < 1.29 is 18.3 Å². The third kappa shape index (κ3) is 2.70. The van der Waals surface area contributed by atoms with Gasteiger partial charge in [0, 0.05) is 6.07 Å². The summed E-state index contributed by atoms with van der Waals surface area (Å²) < 4.78 is 26.5. The number of aromatic nitrogens is 2. The molecule has 0 aromatic carbocycles. The summed E-state index contributed by atoms with van der Waals surface area (Å²) in [6.07, 6.45) is 0. The second-order valence-corrected chi connectivity index (χ2v) is 6.29. The number of H-pyrrole nitrogens is 1. The maximum absolute atomic E-state index is 12.2. The molecule has 20 heavy (non-hydrogen) atoms. The summed E-state index contributed by atoms with van der Waals surface area (Å²) >= 11 is 0.827. The lowest BCUT2D eigenvalue weighted by atomic mass is 10.3. The number of nitrogens with zero attached hydrogens (tertiary/aromatic N) is 1. The van der Waals surface area contributed by atoms with E-state index in [0.717, 1.165) is 17.4 Å². The Morgan fingerprint density at radius 1 is 1.45 bits per heavy atom. The SMILES string of the molecule is Cc1csc(C(=O)O)c1S(=O)(=O)Nc1ccc(=O)[nH]n1. The molecule has 0 amide bonds. The number of rotatable bonds is 4.